The van der Waals surface area contributed by atoms with E-state index in [0.29, 0.717) is 17.9 Å². The summed E-state index contributed by atoms with van der Waals surface area (Å²) in [6.45, 7) is 3.32. The van der Waals surface area contributed by atoms with Crippen molar-refractivity contribution in [2.75, 3.05) is 20.8 Å². The number of benzene rings is 1. The molecule has 9 nitrogen and oxygen atoms in total. The molecule has 1 fully saturated rings. The number of methoxy groups -OCH3 is 2. The van der Waals surface area contributed by atoms with Crippen molar-refractivity contribution in [3.8, 4) is 11.5 Å². The Morgan fingerprint density at radius 1 is 1.21 bits per heavy atom. The van der Waals surface area contributed by atoms with Crippen LogP contribution >= 0.6 is 11.3 Å². The molecule has 0 bridgehead atoms. The first kappa shape index (κ1) is 22.8. The van der Waals surface area contributed by atoms with Crippen LogP contribution in [0, 0.1) is 5.92 Å². The van der Waals surface area contributed by atoms with Gasteiger partial charge in [-0.3, -0.25) is 14.5 Å². The number of ether oxygens (including phenoxy) is 2. The number of hydrogen-bond acceptors (Lipinski definition) is 7. The monoisotopic (exact) mass is 470 g/mol. The molecule has 4 rings (SSSR count). The lowest BCUT2D eigenvalue weighted by Crippen LogP contribution is -2.42. The molecule has 1 aromatic carbocycles. The lowest BCUT2D eigenvalue weighted by molar-refractivity contribution is -0.138. The molecule has 1 saturated heterocycles. The van der Waals surface area contributed by atoms with Crippen molar-refractivity contribution >= 4 is 34.9 Å². The second kappa shape index (κ2) is 9.22. The van der Waals surface area contributed by atoms with E-state index in [1.165, 1.54) is 16.3 Å². The lowest BCUT2D eigenvalue weighted by Gasteiger charge is -2.24. The zero-order valence-corrected chi connectivity index (χ0v) is 19.7. The van der Waals surface area contributed by atoms with E-state index < -0.39 is 29.9 Å². The molecule has 2 aliphatic heterocycles. The highest BCUT2D eigenvalue weighted by Crippen LogP contribution is 2.38. The summed E-state index contributed by atoms with van der Waals surface area (Å²) in [6.07, 6.45) is 0.497. The summed E-state index contributed by atoms with van der Waals surface area (Å²) in [6, 6.07) is 7.75. The minimum atomic E-state index is -0.629. The molecule has 33 heavy (non-hydrogen) atoms. The number of nitrogens with one attached hydrogen (secondary N) is 1. The summed E-state index contributed by atoms with van der Waals surface area (Å²) in [4.78, 5) is 40.3. The zero-order valence-electron chi connectivity index (χ0n) is 18.9. The van der Waals surface area contributed by atoms with Crippen LogP contribution in [-0.4, -0.2) is 60.3 Å². The Kier molecular flexibility index (Phi) is 6.37. The zero-order chi connectivity index (χ0) is 23.7. The number of carbonyl (C=O) groups is 3. The summed E-state index contributed by atoms with van der Waals surface area (Å²) >= 11 is 1.54. The molecule has 0 spiro atoms. The molecule has 2 aromatic rings. The molecule has 4 amide bonds. The van der Waals surface area contributed by atoms with Gasteiger partial charge in [0.1, 0.15) is 12.6 Å². The lowest BCUT2D eigenvalue weighted by atomic mass is 10.0. The van der Waals surface area contributed by atoms with E-state index in [4.69, 9.17) is 9.47 Å². The molecule has 2 aliphatic rings. The summed E-state index contributed by atoms with van der Waals surface area (Å²) in [5, 5.41) is 10.6. The Morgan fingerprint density at radius 2 is 1.97 bits per heavy atom. The molecular weight excluding hydrogens is 444 g/mol. The van der Waals surface area contributed by atoms with Crippen LogP contribution in [0.15, 0.2) is 40.8 Å². The number of thiophene rings is 1. The number of nitrogens with zero attached hydrogens (tertiary/aromatic N) is 3. The molecule has 1 N–H and O–H groups in total. The van der Waals surface area contributed by atoms with E-state index in [1.54, 1.807) is 20.3 Å². The predicted octanol–water partition coefficient (Wildman–Crippen LogP) is 3.02. The Bertz CT molecular complexity index is 1100. The number of imide groups is 1. The normalized spacial score (nSPS) is 20.3. The van der Waals surface area contributed by atoms with Crippen molar-refractivity contribution in [1.29, 1.82) is 0 Å². The highest BCUT2D eigenvalue weighted by atomic mass is 32.1. The maximum Gasteiger partial charge on any atom is 0.325 e. The van der Waals surface area contributed by atoms with Crippen LogP contribution in [0.5, 0.6) is 11.5 Å². The van der Waals surface area contributed by atoms with Gasteiger partial charge in [-0.1, -0.05) is 26.0 Å². The van der Waals surface area contributed by atoms with Gasteiger partial charge in [0.25, 0.3) is 11.8 Å². The van der Waals surface area contributed by atoms with Crippen LogP contribution in [0.1, 0.15) is 36.8 Å². The third-order valence-corrected chi connectivity index (χ3v) is 6.70. The highest BCUT2D eigenvalue weighted by molar-refractivity contribution is 7.12. The van der Waals surface area contributed by atoms with Gasteiger partial charge in [-0.05, 0) is 35.1 Å². The van der Waals surface area contributed by atoms with Gasteiger partial charge in [0.2, 0.25) is 0 Å². The first-order valence-corrected chi connectivity index (χ1v) is 11.5. The molecule has 2 atom stereocenters. The average Bonchev–Trinajstić information content (AvgIpc) is 3.54. The quantitative estimate of drug-likeness (QED) is 0.627. The molecular formula is C23H26N4O5S. The largest absolute Gasteiger partial charge is 0.493 e. The Balaban J connectivity index is 1.63. The fourth-order valence-corrected chi connectivity index (χ4v) is 4.72. The van der Waals surface area contributed by atoms with Crippen LogP contribution in [-0.2, 0) is 9.59 Å². The number of rotatable bonds is 7. The molecule has 0 aliphatic carbocycles. The fraction of sp³-hybridized carbons (Fsp3) is 0.391. The van der Waals surface area contributed by atoms with E-state index in [9.17, 15) is 14.4 Å². The predicted molar refractivity (Wildman–Crippen MR) is 123 cm³/mol. The number of carbonyl (C=O) groups excluding carboxylic acids is 3. The topological polar surface area (TPSA) is 101 Å². The number of hydrazone groups is 1. The Hall–Kier alpha value is -3.40. The van der Waals surface area contributed by atoms with Crippen molar-refractivity contribution in [3.05, 3.63) is 46.2 Å². The molecule has 2 unspecified atom stereocenters. The van der Waals surface area contributed by atoms with Gasteiger partial charge in [0, 0.05) is 6.42 Å². The minimum Gasteiger partial charge on any atom is -0.493 e. The van der Waals surface area contributed by atoms with Crippen molar-refractivity contribution in [2.45, 2.75) is 32.4 Å². The first-order valence-electron chi connectivity index (χ1n) is 10.6. The van der Waals surface area contributed by atoms with Crippen molar-refractivity contribution < 1.29 is 23.9 Å². The second-order valence-electron chi connectivity index (χ2n) is 8.19. The molecule has 0 radical (unpaired) electrons. The third-order valence-electron chi connectivity index (χ3n) is 5.78. The summed E-state index contributed by atoms with van der Waals surface area (Å²) in [5.74, 6) is 0.217. The first-order chi connectivity index (χ1) is 15.8. The van der Waals surface area contributed by atoms with Gasteiger partial charge in [0.05, 0.1) is 30.9 Å². The van der Waals surface area contributed by atoms with E-state index in [1.807, 2.05) is 43.5 Å². The second-order valence-corrected chi connectivity index (χ2v) is 9.14. The number of urea groups is 1. The maximum absolute atomic E-state index is 13.3. The molecule has 0 saturated carbocycles. The highest BCUT2D eigenvalue weighted by Gasteiger charge is 2.42. The standard InChI is InChI=1S/C23H26N4O5S/c1-13(2)21-22(29)26(23(30)24-21)12-20(28)27-16(11-15(25-27)19-6-5-9-33-19)14-7-8-17(31-3)18(10-14)32-4/h5-10,13,16,21H,11-12H2,1-4H3,(H,24,30). The molecule has 174 valence electrons. The van der Waals surface area contributed by atoms with Gasteiger partial charge in [0.15, 0.2) is 11.5 Å². The summed E-state index contributed by atoms with van der Waals surface area (Å²) < 4.78 is 10.8. The number of amides is 4. The van der Waals surface area contributed by atoms with Gasteiger partial charge in [-0.15, -0.1) is 11.3 Å². The Labute approximate surface area is 196 Å². The van der Waals surface area contributed by atoms with Crippen LogP contribution in [0.4, 0.5) is 4.79 Å². The summed E-state index contributed by atoms with van der Waals surface area (Å²) in [7, 11) is 3.11. The number of hydrogen-bond donors (Lipinski definition) is 1. The van der Waals surface area contributed by atoms with Crippen molar-refractivity contribution in [2.24, 2.45) is 11.0 Å². The Morgan fingerprint density at radius 3 is 2.58 bits per heavy atom. The van der Waals surface area contributed by atoms with Crippen LogP contribution in [0.25, 0.3) is 0 Å². The average molecular weight is 471 g/mol. The van der Waals surface area contributed by atoms with Crippen LogP contribution in [0.2, 0.25) is 0 Å². The SMILES string of the molecule is COc1ccc(C2CC(c3cccs3)=NN2C(=O)CN2C(=O)NC(C(C)C)C2=O)cc1OC. The van der Waals surface area contributed by atoms with Gasteiger partial charge >= 0.3 is 6.03 Å². The molecule has 10 heteroatoms. The van der Waals surface area contributed by atoms with Crippen molar-refractivity contribution in [3.63, 3.8) is 0 Å². The molecule has 3 heterocycles. The third kappa shape index (κ3) is 4.30. The fourth-order valence-electron chi connectivity index (χ4n) is 4.00. The summed E-state index contributed by atoms with van der Waals surface area (Å²) in [5.41, 5.74) is 1.59. The van der Waals surface area contributed by atoms with Crippen LogP contribution in [0.3, 0.4) is 0 Å². The smallest absolute Gasteiger partial charge is 0.325 e. The van der Waals surface area contributed by atoms with Crippen molar-refractivity contribution in [1.82, 2.24) is 15.2 Å². The van der Waals surface area contributed by atoms with E-state index in [2.05, 4.69) is 10.4 Å². The van der Waals surface area contributed by atoms with E-state index in [0.717, 1.165) is 21.1 Å². The van der Waals surface area contributed by atoms with E-state index >= 15 is 0 Å². The van der Waals surface area contributed by atoms with Gasteiger partial charge < -0.3 is 14.8 Å². The minimum absolute atomic E-state index is 0.0729. The van der Waals surface area contributed by atoms with Gasteiger partial charge in [-0.25, -0.2) is 9.80 Å². The van der Waals surface area contributed by atoms with Crippen LogP contribution < -0.4 is 14.8 Å². The molecule has 1 aromatic heterocycles. The maximum atomic E-state index is 13.3. The van der Waals surface area contributed by atoms with E-state index in [-0.39, 0.29) is 12.5 Å². The van der Waals surface area contributed by atoms with Gasteiger partial charge in [-0.2, -0.15) is 5.10 Å².